The summed E-state index contributed by atoms with van der Waals surface area (Å²) in [7, 11) is 1.90. The molecule has 2 aromatic carbocycles. The zero-order valence-electron chi connectivity index (χ0n) is 28.7. The van der Waals surface area contributed by atoms with E-state index in [0.29, 0.717) is 79.4 Å². The van der Waals surface area contributed by atoms with Gasteiger partial charge in [0.25, 0.3) is 0 Å². The number of fused-ring (bicyclic) bond motifs is 3. The molecule has 3 atom stereocenters. The topological polar surface area (TPSA) is 87.2 Å². The van der Waals surface area contributed by atoms with Gasteiger partial charge >= 0.3 is 6.01 Å². The molecule has 2 aromatic heterocycles. The molecule has 8 rings (SSSR count). The molecule has 6 heterocycles. The van der Waals surface area contributed by atoms with Crippen LogP contribution in [0.2, 0.25) is 5.02 Å². The van der Waals surface area contributed by atoms with Crippen LogP contribution in [0.5, 0.6) is 6.01 Å². The van der Waals surface area contributed by atoms with Gasteiger partial charge in [0.15, 0.2) is 5.82 Å². The lowest BCUT2D eigenvalue weighted by molar-refractivity contribution is -0.125. The number of aromatic nitrogens is 3. The lowest BCUT2D eigenvalue weighted by Crippen LogP contribution is -2.43. The second-order valence-corrected chi connectivity index (χ2v) is 14.6. The third-order valence-corrected chi connectivity index (χ3v) is 11.4. The van der Waals surface area contributed by atoms with Gasteiger partial charge in [-0.3, -0.25) is 19.6 Å². The van der Waals surface area contributed by atoms with Gasteiger partial charge in [-0.25, -0.2) is 8.78 Å². The number of ether oxygens (including phenoxy) is 2. The lowest BCUT2D eigenvalue weighted by Gasteiger charge is -2.31. The van der Waals surface area contributed by atoms with Crippen molar-refractivity contribution in [2.45, 2.75) is 43.4 Å². The van der Waals surface area contributed by atoms with Crippen molar-refractivity contribution in [1.29, 1.82) is 0 Å². The Morgan fingerprint density at radius 2 is 1.96 bits per heavy atom. The van der Waals surface area contributed by atoms with Gasteiger partial charge in [-0.2, -0.15) is 9.97 Å². The van der Waals surface area contributed by atoms with Crippen LogP contribution in [0, 0.1) is 5.82 Å². The zero-order valence-corrected chi connectivity index (χ0v) is 29.5. The molecule has 0 radical (unpaired) electrons. The molecule has 0 aliphatic carbocycles. The Bertz CT molecular complexity index is 1970. The molecule has 10 nitrogen and oxygen atoms in total. The van der Waals surface area contributed by atoms with Crippen molar-refractivity contribution in [2.24, 2.45) is 0 Å². The number of benzene rings is 2. The molecule has 268 valence electrons. The number of nitrogens with zero attached hydrogens (tertiary/aromatic N) is 7. The summed E-state index contributed by atoms with van der Waals surface area (Å²) in [6.45, 7) is 6.35. The summed E-state index contributed by atoms with van der Waals surface area (Å²) in [6, 6.07) is 11.1. The maximum Gasteiger partial charge on any atom is 0.319 e. The Balaban J connectivity index is 1.11. The smallest absolute Gasteiger partial charge is 0.319 e. The number of pyridine rings is 1. The highest BCUT2D eigenvalue weighted by molar-refractivity contribution is 6.36. The number of amides is 1. The number of rotatable bonds is 9. The first-order valence-corrected chi connectivity index (χ1v) is 18.2. The van der Waals surface area contributed by atoms with Crippen LogP contribution < -0.4 is 9.64 Å². The molecular formula is C38H42ClF2N7O3. The fourth-order valence-electron chi connectivity index (χ4n) is 8.31. The number of likely N-dealkylation sites (tertiary alicyclic amines) is 1. The second-order valence-electron chi connectivity index (χ2n) is 14.2. The van der Waals surface area contributed by atoms with E-state index in [0.717, 1.165) is 37.9 Å². The third kappa shape index (κ3) is 6.63. The Labute approximate surface area is 301 Å². The maximum atomic E-state index is 16.8. The minimum Gasteiger partial charge on any atom is -0.461 e. The second kappa shape index (κ2) is 14.2. The van der Waals surface area contributed by atoms with Crippen molar-refractivity contribution in [3.05, 3.63) is 65.6 Å². The van der Waals surface area contributed by atoms with Crippen LogP contribution in [0.4, 0.5) is 14.6 Å². The summed E-state index contributed by atoms with van der Waals surface area (Å²) >= 11 is 6.63. The molecule has 4 aliphatic heterocycles. The first-order chi connectivity index (χ1) is 24.8. The number of alkyl halides is 1. The fraction of sp³-hybridized carbons (Fsp3) is 0.474. The molecule has 0 N–H and O–H groups in total. The van der Waals surface area contributed by atoms with Crippen LogP contribution >= 0.6 is 11.6 Å². The number of morpholine rings is 1. The van der Waals surface area contributed by atoms with Gasteiger partial charge in [-0.15, -0.1) is 0 Å². The van der Waals surface area contributed by atoms with Crippen molar-refractivity contribution < 1.29 is 23.0 Å². The van der Waals surface area contributed by atoms with Gasteiger partial charge in [-0.05, 0) is 37.3 Å². The third-order valence-electron chi connectivity index (χ3n) is 11.1. The van der Waals surface area contributed by atoms with E-state index in [4.69, 9.17) is 26.1 Å². The van der Waals surface area contributed by atoms with Gasteiger partial charge in [0, 0.05) is 87.0 Å². The minimum absolute atomic E-state index is 0.0249. The molecule has 4 fully saturated rings. The Morgan fingerprint density at radius 1 is 1.14 bits per heavy atom. The number of hydrogen-bond donors (Lipinski definition) is 0. The van der Waals surface area contributed by atoms with Crippen molar-refractivity contribution in [1.82, 2.24) is 29.7 Å². The molecule has 0 bridgehead atoms. The van der Waals surface area contributed by atoms with Gasteiger partial charge in [0.05, 0.1) is 24.1 Å². The normalized spacial score (nSPS) is 24.3. The quantitative estimate of drug-likeness (QED) is 0.208. The molecule has 13 heteroatoms. The van der Waals surface area contributed by atoms with E-state index in [1.807, 2.05) is 47.2 Å². The van der Waals surface area contributed by atoms with Crippen molar-refractivity contribution in [2.75, 3.05) is 77.6 Å². The highest BCUT2D eigenvalue weighted by atomic mass is 35.5. The highest BCUT2D eigenvalue weighted by Gasteiger charge is 2.49. The number of halogens is 3. The van der Waals surface area contributed by atoms with Crippen LogP contribution in [-0.4, -0.2) is 126 Å². The van der Waals surface area contributed by atoms with Gasteiger partial charge in [-0.1, -0.05) is 48.0 Å². The number of carbonyl (C=O) groups is 1. The average Bonchev–Trinajstić information content (AvgIpc) is 3.86. The fourth-order valence-corrected chi connectivity index (χ4v) is 8.59. The molecule has 4 saturated heterocycles. The maximum absolute atomic E-state index is 16.8. The number of hydrogen-bond acceptors (Lipinski definition) is 9. The molecule has 1 amide bonds. The summed E-state index contributed by atoms with van der Waals surface area (Å²) < 4.78 is 43.1. The Hall–Kier alpha value is -3.97. The first kappa shape index (κ1) is 34.1. The van der Waals surface area contributed by atoms with E-state index in [2.05, 4.69) is 19.8 Å². The number of anilines is 1. The summed E-state index contributed by atoms with van der Waals surface area (Å²) in [5, 5.41) is 2.49. The van der Waals surface area contributed by atoms with Crippen LogP contribution in [0.25, 0.3) is 32.9 Å². The van der Waals surface area contributed by atoms with E-state index in [9.17, 15) is 9.18 Å². The summed E-state index contributed by atoms with van der Waals surface area (Å²) in [4.78, 5) is 35.5. The highest BCUT2D eigenvalue weighted by Crippen LogP contribution is 2.41. The Kier molecular flexibility index (Phi) is 9.51. The summed E-state index contributed by atoms with van der Waals surface area (Å²) in [5.41, 5.74) is 0.328. The van der Waals surface area contributed by atoms with E-state index in [-0.39, 0.29) is 35.8 Å². The minimum atomic E-state index is -0.908. The number of likely N-dealkylation sites (N-methyl/N-ethyl adjacent to an activating group) is 1. The van der Waals surface area contributed by atoms with E-state index < -0.39 is 17.5 Å². The first-order valence-electron chi connectivity index (χ1n) is 17.8. The molecule has 4 aliphatic rings. The molecule has 0 saturated carbocycles. The summed E-state index contributed by atoms with van der Waals surface area (Å²) in [6.07, 6.45) is 7.17. The summed E-state index contributed by atoms with van der Waals surface area (Å²) in [5.74, 6) is -0.188. The number of carbonyl (C=O) groups excluding carboxylic acids is 1. The zero-order chi connectivity index (χ0) is 35.1. The molecule has 0 spiro atoms. The van der Waals surface area contributed by atoms with Gasteiger partial charge < -0.3 is 19.3 Å². The van der Waals surface area contributed by atoms with E-state index in [1.54, 1.807) is 24.4 Å². The van der Waals surface area contributed by atoms with E-state index >= 15 is 4.39 Å². The van der Waals surface area contributed by atoms with Crippen molar-refractivity contribution in [3.63, 3.8) is 0 Å². The Morgan fingerprint density at radius 3 is 2.80 bits per heavy atom. The predicted molar refractivity (Wildman–Crippen MR) is 194 cm³/mol. The van der Waals surface area contributed by atoms with Gasteiger partial charge in [0.2, 0.25) is 5.91 Å². The van der Waals surface area contributed by atoms with Crippen molar-refractivity contribution >= 4 is 45.0 Å². The molecule has 0 unspecified atom stereocenters. The van der Waals surface area contributed by atoms with E-state index in [1.165, 1.54) is 0 Å². The standard InChI is InChI=1S/C38H42ClF2N7O3/c1-45(27-11-15-47(23-27)31(49)10-4-13-46-16-18-50-19-17-46)36-29-21-42-34(28-8-2-6-25-7-3-9-30(39)32(25)28)33(41)35(29)43-37(44-36)51-24-38-12-5-14-48(38)22-26(40)20-38/h2-4,6-10,21,26-27H,5,11-20,22-24H2,1H3/b10-4+/t26-,27-,38+/m1/s1. The van der Waals surface area contributed by atoms with Crippen LogP contribution in [0.15, 0.2) is 54.7 Å². The van der Waals surface area contributed by atoms with Crippen LogP contribution in [0.1, 0.15) is 25.7 Å². The molecule has 51 heavy (non-hydrogen) atoms. The van der Waals surface area contributed by atoms with Crippen molar-refractivity contribution in [3.8, 4) is 17.3 Å². The lowest BCUT2D eigenvalue weighted by atomic mass is 9.95. The largest absolute Gasteiger partial charge is 0.461 e. The predicted octanol–water partition coefficient (Wildman–Crippen LogP) is 5.52. The van der Waals surface area contributed by atoms with Gasteiger partial charge in [0.1, 0.15) is 29.8 Å². The average molecular weight is 718 g/mol. The molecular weight excluding hydrogens is 676 g/mol. The SMILES string of the molecule is CN(c1nc(OC[C@@]23CCCN2C[C@H](F)C3)nc2c(F)c(-c3cccc4cccc(Cl)c34)ncc12)[C@@H]1CCN(C(=O)/C=C/CN2CCOCC2)C1. The van der Waals surface area contributed by atoms with Crippen LogP contribution in [0.3, 0.4) is 0 Å². The van der Waals surface area contributed by atoms with Crippen LogP contribution in [-0.2, 0) is 9.53 Å². The monoisotopic (exact) mass is 717 g/mol. The molecule has 4 aromatic rings.